The van der Waals surface area contributed by atoms with Crippen molar-refractivity contribution >= 4 is 11.9 Å². The quantitative estimate of drug-likeness (QED) is 0.658. The Hall–Kier alpha value is -1.10. The third kappa shape index (κ3) is 7.15. The average molecular weight is 272 g/mol. The van der Waals surface area contributed by atoms with Gasteiger partial charge in [-0.25, -0.2) is 4.79 Å². The lowest BCUT2D eigenvalue weighted by atomic mass is 9.86. The highest BCUT2D eigenvalue weighted by molar-refractivity contribution is 5.85. The molecule has 3 atom stereocenters. The van der Waals surface area contributed by atoms with Crippen LogP contribution in [-0.2, 0) is 9.59 Å². The van der Waals surface area contributed by atoms with Crippen LogP contribution in [0.25, 0.3) is 0 Å². The first-order valence-electron chi connectivity index (χ1n) is 6.84. The molecule has 3 unspecified atom stereocenters. The molecule has 0 saturated heterocycles. The first-order valence-corrected chi connectivity index (χ1v) is 6.84. The van der Waals surface area contributed by atoms with E-state index in [0.29, 0.717) is 0 Å². The molecule has 0 bridgehead atoms. The highest BCUT2D eigenvalue weighted by atomic mass is 16.4. The van der Waals surface area contributed by atoms with Crippen LogP contribution in [0.5, 0.6) is 0 Å². The molecular weight excluding hydrogens is 244 g/mol. The molecule has 112 valence electrons. The van der Waals surface area contributed by atoms with E-state index in [9.17, 15) is 9.59 Å². The van der Waals surface area contributed by atoms with E-state index in [1.54, 1.807) is 20.8 Å². The topological polar surface area (TPSA) is 92.4 Å². The summed E-state index contributed by atoms with van der Waals surface area (Å²) >= 11 is 0. The van der Waals surface area contributed by atoms with E-state index in [-0.39, 0.29) is 17.9 Å². The molecule has 0 fully saturated rings. The molecule has 19 heavy (non-hydrogen) atoms. The van der Waals surface area contributed by atoms with E-state index < -0.39 is 17.4 Å². The van der Waals surface area contributed by atoms with Crippen molar-refractivity contribution in [2.24, 2.45) is 17.1 Å². The maximum absolute atomic E-state index is 12.0. The van der Waals surface area contributed by atoms with Gasteiger partial charge in [0.2, 0.25) is 5.91 Å². The van der Waals surface area contributed by atoms with E-state index in [1.165, 1.54) is 0 Å². The van der Waals surface area contributed by atoms with Crippen LogP contribution < -0.4 is 11.1 Å². The van der Waals surface area contributed by atoms with Gasteiger partial charge in [0.15, 0.2) is 0 Å². The lowest BCUT2D eigenvalue weighted by Crippen LogP contribution is -2.50. The molecule has 1 amide bonds. The molecule has 0 aromatic carbocycles. The summed E-state index contributed by atoms with van der Waals surface area (Å²) in [5.74, 6) is -1.39. The SMILES string of the molecule is CC(N)CCCC(C)C(=O)NC(C(=O)O)C(C)(C)C. The smallest absolute Gasteiger partial charge is 0.326 e. The van der Waals surface area contributed by atoms with Crippen molar-refractivity contribution in [3.63, 3.8) is 0 Å². The monoisotopic (exact) mass is 272 g/mol. The molecule has 0 saturated carbocycles. The number of carboxylic acid groups (broad SMARTS) is 1. The number of carbonyl (C=O) groups excluding carboxylic acids is 1. The zero-order chi connectivity index (χ0) is 15.2. The zero-order valence-electron chi connectivity index (χ0n) is 12.7. The van der Waals surface area contributed by atoms with Gasteiger partial charge in [-0.1, -0.05) is 34.1 Å². The highest BCUT2D eigenvalue weighted by Gasteiger charge is 2.33. The second-order valence-electron chi connectivity index (χ2n) is 6.46. The van der Waals surface area contributed by atoms with Gasteiger partial charge in [0.25, 0.3) is 0 Å². The van der Waals surface area contributed by atoms with Gasteiger partial charge in [-0.3, -0.25) is 4.79 Å². The van der Waals surface area contributed by atoms with E-state index in [4.69, 9.17) is 10.8 Å². The van der Waals surface area contributed by atoms with Crippen molar-refractivity contribution < 1.29 is 14.7 Å². The van der Waals surface area contributed by atoms with E-state index in [0.717, 1.165) is 19.3 Å². The fourth-order valence-electron chi connectivity index (χ4n) is 1.81. The van der Waals surface area contributed by atoms with Gasteiger partial charge in [-0.05, 0) is 25.2 Å². The normalized spacial score (nSPS) is 16.5. The first kappa shape index (κ1) is 17.9. The molecule has 0 aromatic heterocycles. The predicted molar refractivity (Wildman–Crippen MR) is 75.7 cm³/mol. The van der Waals surface area contributed by atoms with Crippen molar-refractivity contribution in [3.8, 4) is 0 Å². The van der Waals surface area contributed by atoms with Crippen LogP contribution in [0.2, 0.25) is 0 Å². The molecule has 0 aliphatic rings. The lowest BCUT2D eigenvalue weighted by molar-refractivity contribution is -0.145. The number of amides is 1. The maximum Gasteiger partial charge on any atom is 0.326 e. The van der Waals surface area contributed by atoms with E-state index >= 15 is 0 Å². The van der Waals surface area contributed by atoms with E-state index in [2.05, 4.69) is 5.32 Å². The Morgan fingerprint density at radius 3 is 2.11 bits per heavy atom. The minimum absolute atomic E-state index is 0.136. The minimum Gasteiger partial charge on any atom is -0.480 e. The standard InChI is InChI=1S/C14H28N2O3/c1-9(7-6-8-10(2)15)12(17)16-11(13(18)19)14(3,4)5/h9-11H,6-8,15H2,1-5H3,(H,16,17)(H,18,19). The summed E-state index contributed by atoms with van der Waals surface area (Å²) in [6.45, 7) is 9.15. The van der Waals surface area contributed by atoms with Gasteiger partial charge in [-0.2, -0.15) is 0 Å². The van der Waals surface area contributed by atoms with Crippen molar-refractivity contribution in [2.45, 2.75) is 66.0 Å². The summed E-state index contributed by atoms with van der Waals surface area (Å²) in [5, 5.41) is 11.8. The highest BCUT2D eigenvalue weighted by Crippen LogP contribution is 2.20. The molecule has 4 N–H and O–H groups in total. The molecular formula is C14H28N2O3. The molecule has 0 heterocycles. The number of aliphatic carboxylic acids is 1. The number of carboxylic acids is 1. The largest absolute Gasteiger partial charge is 0.480 e. The van der Waals surface area contributed by atoms with Crippen molar-refractivity contribution in [1.82, 2.24) is 5.32 Å². The Kier molecular flexibility index (Phi) is 7.05. The van der Waals surface area contributed by atoms with Crippen LogP contribution >= 0.6 is 0 Å². The average Bonchev–Trinajstić information content (AvgIpc) is 2.22. The summed E-state index contributed by atoms with van der Waals surface area (Å²) < 4.78 is 0. The number of carbonyl (C=O) groups is 2. The van der Waals surface area contributed by atoms with Gasteiger partial charge in [0.05, 0.1) is 0 Å². The van der Waals surface area contributed by atoms with Gasteiger partial charge >= 0.3 is 5.97 Å². The number of nitrogens with two attached hydrogens (primary N) is 1. The van der Waals surface area contributed by atoms with Crippen molar-refractivity contribution in [3.05, 3.63) is 0 Å². The Balaban J connectivity index is 4.37. The third-order valence-corrected chi connectivity index (χ3v) is 3.14. The maximum atomic E-state index is 12.0. The molecule has 0 aromatic rings. The van der Waals surface area contributed by atoms with Gasteiger partial charge < -0.3 is 16.2 Å². The Bertz CT molecular complexity index is 308. The summed E-state index contributed by atoms with van der Waals surface area (Å²) in [4.78, 5) is 23.2. The fraction of sp³-hybridized carbons (Fsp3) is 0.857. The third-order valence-electron chi connectivity index (χ3n) is 3.14. The van der Waals surface area contributed by atoms with Crippen LogP contribution in [-0.4, -0.2) is 29.1 Å². The van der Waals surface area contributed by atoms with Crippen molar-refractivity contribution in [1.29, 1.82) is 0 Å². The van der Waals surface area contributed by atoms with Gasteiger partial charge in [0.1, 0.15) is 6.04 Å². The second kappa shape index (κ2) is 7.48. The summed E-state index contributed by atoms with van der Waals surface area (Å²) in [6.07, 6.45) is 2.47. The van der Waals surface area contributed by atoms with Crippen LogP contribution in [0.15, 0.2) is 0 Å². The summed E-state index contributed by atoms with van der Waals surface area (Å²) in [5.41, 5.74) is 5.15. The Morgan fingerprint density at radius 2 is 1.74 bits per heavy atom. The lowest BCUT2D eigenvalue weighted by Gasteiger charge is -2.28. The molecule has 0 radical (unpaired) electrons. The second-order valence-corrected chi connectivity index (χ2v) is 6.46. The van der Waals surface area contributed by atoms with Crippen molar-refractivity contribution in [2.75, 3.05) is 0 Å². The molecule has 0 spiro atoms. The van der Waals surface area contributed by atoms with Crippen LogP contribution in [0, 0.1) is 11.3 Å². The Morgan fingerprint density at radius 1 is 1.21 bits per heavy atom. The van der Waals surface area contributed by atoms with Crippen LogP contribution in [0.4, 0.5) is 0 Å². The fourth-order valence-corrected chi connectivity index (χ4v) is 1.81. The Labute approximate surface area is 115 Å². The van der Waals surface area contributed by atoms with Crippen LogP contribution in [0.1, 0.15) is 53.9 Å². The number of rotatable bonds is 7. The van der Waals surface area contributed by atoms with E-state index in [1.807, 2.05) is 13.8 Å². The number of nitrogens with one attached hydrogen (secondary N) is 1. The summed E-state index contributed by atoms with van der Waals surface area (Å²) in [7, 11) is 0. The molecule has 0 aliphatic carbocycles. The summed E-state index contributed by atoms with van der Waals surface area (Å²) in [6, 6.07) is -0.729. The van der Waals surface area contributed by atoms with Gasteiger partial charge in [-0.15, -0.1) is 0 Å². The molecule has 5 nitrogen and oxygen atoms in total. The van der Waals surface area contributed by atoms with Crippen LogP contribution in [0.3, 0.4) is 0 Å². The van der Waals surface area contributed by atoms with Gasteiger partial charge in [0, 0.05) is 12.0 Å². The predicted octanol–water partition coefficient (Wildman–Crippen LogP) is 1.76. The number of hydrogen-bond donors (Lipinski definition) is 3. The first-order chi connectivity index (χ1) is 8.55. The molecule has 0 rings (SSSR count). The molecule has 0 aliphatic heterocycles. The zero-order valence-corrected chi connectivity index (χ0v) is 12.7. The minimum atomic E-state index is -0.997. The molecule has 5 heteroatoms. The number of hydrogen-bond acceptors (Lipinski definition) is 3.